The summed E-state index contributed by atoms with van der Waals surface area (Å²) in [6, 6.07) is 5.87. The van der Waals surface area contributed by atoms with Crippen LogP contribution < -0.4 is 14.8 Å². The molecule has 0 aliphatic heterocycles. The van der Waals surface area contributed by atoms with Gasteiger partial charge in [0.25, 0.3) is 0 Å². The van der Waals surface area contributed by atoms with Gasteiger partial charge in [0.05, 0.1) is 26.0 Å². The highest BCUT2D eigenvalue weighted by Gasteiger charge is 2.23. The monoisotopic (exact) mass is 316 g/mol. The highest BCUT2D eigenvalue weighted by molar-refractivity contribution is 5.76. The number of ether oxygens (including phenoxy) is 2. The van der Waals surface area contributed by atoms with Crippen LogP contribution in [0.3, 0.4) is 0 Å². The molecular weight excluding hydrogens is 296 g/mol. The average molecular weight is 316 g/mol. The van der Waals surface area contributed by atoms with Crippen molar-refractivity contribution < 1.29 is 18.7 Å². The minimum atomic E-state index is 0.0503. The number of oxazole rings is 1. The lowest BCUT2D eigenvalue weighted by molar-refractivity contribution is -0.121. The van der Waals surface area contributed by atoms with E-state index in [9.17, 15) is 4.79 Å². The predicted octanol–water partition coefficient (Wildman–Crippen LogP) is 2.57. The number of aromatic nitrogens is 1. The van der Waals surface area contributed by atoms with Crippen LogP contribution in [-0.2, 0) is 11.2 Å². The van der Waals surface area contributed by atoms with E-state index in [4.69, 9.17) is 13.9 Å². The summed E-state index contributed by atoms with van der Waals surface area (Å²) < 4.78 is 16.3. The Morgan fingerprint density at radius 2 is 2.17 bits per heavy atom. The Bertz CT molecular complexity index is 692. The van der Waals surface area contributed by atoms with E-state index in [1.807, 2.05) is 12.1 Å². The number of methoxy groups -OCH3 is 2. The summed E-state index contributed by atoms with van der Waals surface area (Å²) in [5, 5.41) is 2.95. The maximum Gasteiger partial charge on any atom is 0.220 e. The van der Waals surface area contributed by atoms with Crippen molar-refractivity contribution in [3.05, 3.63) is 30.3 Å². The molecule has 0 atom stereocenters. The van der Waals surface area contributed by atoms with E-state index in [0.717, 1.165) is 18.4 Å². The fraction of sp³-hybridized carbons (Fsp3) is 0.412. The van der Waals surface area contributed by atoms with Crippen LogP contribution in [0.25, 0.3) is 11.3 Å². The number of amides is 1. The first-order chi connectivity index (χ1) is 11.2. The molecule has 1 aliphatic carbocycles. The van der Waals surface area contributed by atoms with Crippen molar-refractivity contribution >= 4 is 5.91 Å². The molecule has 6 heteroatoms. The maximum absolute atomic E-state index is 11.7. The van der Waals surface area contributed by atoms with Crippen molar-refractivity contribution in [3.63, 3.8) is 0 Å². The van der Waals surface area contributed by atoms with Crippen LogP contribution in [0.5, 0.6) is 11.5 Å². The quantitative estimate of drug-likeness (QED) is 0.850. The number of carbonyl (C=O) groups is 1. The topological polar surface area (TPSA) is 73.6 Å². The molecule has 0 unspecified atom stereocenters. The number of nitrogens with one attached hydrogen (secondary N) is 1. The Kier molecular flexibility index (Phi) is 4.50. The Morgan fingerprint density at radius 1 is 1.35 bits per heavy atom. The van der Waals surface area contributed by atoms with E-state index in [2.05, 4.69) is 10.3 Å². The molecule has 0 saturated heterocycles. The van der Waals surface area contributed by atoms with E-state index in [0.29, 0.717) is 42.0 Å². The molecule has 1 fully saturated rings. The van der Waals surface area contributed by atoms with Gasteiger partial charge < -0.3 is 19.2 Å². The normalized spacial score (nSPS) is 13.7. The molecule has 122 valence electrons. The lowest BCUT2D eigenvalue weighted by atomic mass is 10.1. The van der Waals surface area contributed by atoms with Crippen molar-refractivity contribution in [2.45, 2.75) is 31.7 Å². The molecule has 1 aromatic carbocycles. The molecule has 1 amide bonds. The molecule has 1 aliphatic rings. The summed E-state index contributed by atoms with van der Waals surface area (Å²) in [6.45, 7) is 0. The molecule has 1 saturated carbocycles. The van der Waals surface area contributed by atoms with E-state index in [1.54, 1.807) is 26.5 Å². The summed E-state index contributed by atoms with van der Waals surface area (Å²) in [4.78, 5) is 15.9. The first-order valence-electron chi connectivity index (χ1n) is 7.66. The fourth-order valence-corrected chi connectivity index (χ4v) is 2.30. The van der Waals surface area contributed by atoms with Crippen LogP contribution in [0.4, 0.5) is 0 Å². The smallest absolute Gasteiger partial charge is 0.220 e. The molecule has 3 rings (SSSR count). The van der Waals surface area contributed by atoms with Crippen LogP contribution in [0, 0.1) is 0 Å². The summed E-state index contributed by atoms with van der Waals surface area (Å²) in [5.74, 6) is 2.57. The molecular formula is C17H20N2O4. The number of rotatable bonds is 7. The van der Waals surface area contributed by atoms with Crippen LogP contribution in [0.2, 0.25) is 0 Å². The van der Waals surface area contributed by atoms with Crippen LogP contribution >= 0.6 is 0 Å². The van der Waals surface area contributed by atoms with Gasteiger partial charge >= 0.3 is 0 Å². The minimum absolute atomic E-state index is 0.0503. The molecule has 0 spiro atoms. The number of hydrogen-bond donors (Lipinski definition) is 1. The Balaban J connectivity index is 1.67. The molecule has 1 N–H and O–H groups in total. The van der Waals surface area contributed by atoms with Crippen molar-refractivity contribution in [3.8, 4) is 22.8 Å². The van der Waals surface area contributed by atoms with Gasteiger partial charge in [-0.05, 0) is 25.0 Å². The lowest BCUT2D eigenvalue weighted by Gasteiger charge is -2.08. The maximum atomic E-state index is 11.7. The molecule has 6 nitrogen and oxygen atoms in total. The Labute approximate surface area is 134 Å². The zero-order chi connectivity index (χ0) is 16.2. The third kappa shape index (κ3) is 3.83. The van der Waals surface area contributed by atoms with Gasteiger partial charge in [0, 0.05) is 24.9 Å². The first-order valence-corrected chi connectivity index (χ1v) is 7.66. The zero-order valence-electron chi connectivity index (χ0n) is 13.3. The van der Waals surface area contributed by atoms with Gasteiger partial charge in [-0.1, -0.05) is 0 Å². The van der Waals surface area contributed by atoms with Crippen LogP contribution in [0.1, 0.15) is 25.2 Å². The Hall–Kier alpha value is -2.50. The fourth-order valence-electron chi connectivity index (χ4n) is 2.30. The van der Waals surface area contributed by atoms with Crippen molar-refractivity contribution in [1.29, 1.82) is 0 Å². The minimum Gasteiger partial charge on any atom is -0.497 e. The highest BCUT2D eigenvalue weighted by atomic mass is 16.5. The van der Waals surface area contributed by atoms with Gasteiger partial charge in [-0.25, -0.2) is 4.98 Å². The molecule has 23 heavy (non-hydrogen) atoms. The van der Waals surface area contributed by atoms with Gasteiger partial charge in [-0.2, -0.15) is 0 Å². The van der Waals surface area contributed by atoms with E-state index >= 15 is 0 Å². The number of benzene rings is 1. The number of aryl methyl sites for hydroxylation is 1. The van der Waals surface area contributed by atoms with Crippen molar-refractivity contribution in [1.82, 2.24) is 10.3 Å². The lowest BCUT2D eigenvalue weighted by Crippen LogP contribution is -2.25. The second-order valence-electron chi connectivity index (χ2n) is 5.53. The van der Waals surface area contributed by atoms with Crippen molar-refractivity contribution in [2.75, 3.05) is 14.2 Å². The standard InChI is InChI=1S/C17H20N2O4/c1-21-12-5-6-13(14(9-12)22-2)15-10-18-17(23-15)8-7-16(20)19-11-3-4-11/h5-6,9-11H,3-4,7-8H2,1-2H3,(H,19,20). The third-order valence-electron chi connectivity index (χ3n) is 3.74. The van der Waals surface area contributed by atoms with Gasteiger partial charge in [0.2, 0.25) is 5.91 Å². The number of hydrogen-bond acceptors (Lipinski definition) is 5. The second-order valence-corrected chi connectivity index (χ2v) is 5.53. The largest absolute Gasteiger partial charge is 0.497 e. The average Bonchev–Trinajstić information content (AvgIpc) is 3.26. The van der Waals surface area contributed by atoms with E-state index in [-0.39, 0.29) is 5.91 Å². The third-order valence-corrected chi connectivity index (χ3v) is 3.74. The molecule has 0 radical (unpaired) electrons. The summed E-state index contributed by atoms with van der Waals surface area (Å²) in [7, 11) is 3.20. The second kappa shape index (κ2) is 6.73. The number of carbonyl (C=O) groups excluding carboxylic acids is 1. The summed E-state index contributed by atoms with van der Waals surface area (Å²) in [6.07, 6.45) is 4.70. The van der Waals surface area contributed by atoms with E-state index in [1.165, 1.54) is 0 Å². The molecule has 1 aromatic heterocycles. The van der Waals surface area contributed by atoms with E-state index < -0.39 is 0 Å². The Morgan fingerprint density at radius 3 is 2.87 bits per heavy atom. The molecule has 2 aromatic rings. The first kappa shape index (κ1) is 15.4. The summed E-state index contributed by atoms with van der Waals surface area (Å²) in [5.41, 5.74) is 0.800. The SMILES string of the molecule is COc1ccc(-c2cnc(CCC(=O)NC3CC3)o2)c(OC)c1. The number of nitrogens with zero attached hydrogens (tertiary/aromatic N) is 1. The summed E-state index contributed by atoms with van der Waals surface area (Å²) >= 11 is 0. The van der Waals surface area contributed by atoms with Gasteiger partial charge in [0.1, 0.15) is 11.5 Å². The van der Waals surface area contributed by atoms with Gasteiger partial charge in [-0.3, -0.25) is 4.79 Å². The zero-order valence-corrected chi connectivity index (χ0v) is 13.3. The highest BCUT2D eigenvalue weighted by Crippen LogP contribution is 2.33. The van der Waals surface area contributed by atoms with Gasteiger partial charge in [-0.15, -0.1) is 0 Å². The van der Waals surface area contributed by atoms with Crippen LogP contribution in [0.15, 0.2) is 28.8 Å². The molecule has 0 bridgehead atoms. The van der Waals surface area contributed by atoms with Crippen LogP contribution in [-0.4, -0.2) is 31.2 Å². The molecule has 1 heterocycles. The predicted molar refractivity (Wildman–Crippen MR) is 84.5 cm³/mol. The van der Waals surface area contributed by atoms with Crippen molar-refractivity contribution in [2.24, 2.45) is 0 Å². The van der Waals surface area contributed by atoms with Gasteiger partial charge in [0.15, 0.2) is 11.7 Å².